The first-order chi connectivity index (χ1) is 13.2. The van der Waals surface area contributed by atoms with E-state index in [0.717, 1.165) is 23.6 Å². The van der Waals surface area contributed by atoms with Crippen molar-refractivity contribution < 1.29 is 9.59 Å². The Bertz CT molecular complexity index is 884. The van der Waals surface area contributed by atoms with Crippen LogP contribution in [0.4, 0.5) is 5.69 Å². The molecule has 0 atom stereocenters. The molecule has 5 nitrogen and oxygen atoms in total. The van der Waals surface area contributed by atoms with E-state index >= 15 is 0 Å². The summed E-state index contributed by atoms with van der Waals surface area (Å²) < 4.78 is 0. The summed E-state index contributed by atoms with van der Waals surface area (Å²) in [6, 6.07) is 14.9. The smallest absolute Gasteiger partial charge is 0.276 e. The highest BCUT2D eigenvalue weighted by Crippen LogP contribution is 2.30. The van der Waals surface area contributed by atoms with Crippen molar-refractivity contribution in [2.75, 3.05) is 5.32 Å². The lowest BCUT2D eigenvalue weighted by Gasteiger charge is -2.21. The average molecular weight is 361 g/mol. The molecule has 2 aromatic rings. The molecule has 1 heterocycles. The Kier molecular flexibility index (Phi) is 5.01. The van der Waals surface area contributed by atoms with Crippen molar-refractivity contribution in [1.82, 2.24) is 5.43 Å². The number of hydrogen-bond donors (Lipinski definition) is 2. The van der Waals surface area contributed by atoms with Crippen molar-refractivity contribution in [2.24, 2.45) is 11.0 Å². The number of amides is 2. The Morgan fingerprint density at radius 2 is 1.85 bits per heavy atom. The summed E-state index contributed by atoms with van der Waals surface area (Å²) in [4.78, 5) is 24.4. The van der Waals surface area contributed by atoms with Crippen LogP contribution in [0.1, 0.15) is 53.6 Å². The molecule has 1 aliphatic heterocycles. The molecule has 0 saturated heterocycles. The minimum atomic E-state index is -0.335. The molecule has 0 aromatic heterocycles. The number of carbonyl (C=O) groups excluding carboxylic acids is 2. The minimum Gasteiger partial charge on any atom is -0.320 e. The van der Waals surface area contributed by atoms with Crippen LogP contribution in [0.15, 0.2) is 53.6 Å². The van der Waals surface area contributed by atoms with Gasteiger partial charge in [0.1, 0.15) is 0 Å². The molecule has 1 aliphatic carbocycles. The summed E-state index contributed by atoms with van der Waals surface area (Å²) in [5.74, 6) is 0.124. The molecule has 138 valence electrons. The van der Waals surface area contributed by atoms with Crippen LogP contribution in [-0.2, 0) is 11.2 Å². The summed E-state index contributed by atoms with van der Waals surface area (Å²) in [6.07, 6.45) is 7.64. The predicted molar refractivity (Wildman–Crippen MR) is 106 cm³/mol. The predicted octanol–water partition coefficient (Wildman–Crippen LogP) is 3.90. The third kappa shape index (κ3) is 3.92. The summed E-state index contributed by atoms with van der Waals surface area (Å²) in [7, 11) is 0. The summed E-state index contributed by atoms with van der Waals surface area (Å²) in [5.41, 5.74) is 5.99. The third-order valence-electron chi connectivity index (χ3n) is 5.36. The van der Waals surface area contributed by atoms with Crippen LogP contribution in [0.25, 0.3) is 0 Å². The highest BCUT2D eigenvalue weighted by Gasteiger charge is 2.27. The van der Waals surface area contributed by atoms with Gasteiger partial charge in [-0.2, -0.15) is 5.10 Å². The minimum absolute atomic E-state index is 0.249. The van der Waals surface area contributed by atoms with E-state index < -0.39 is 0 Å². The Labute approximate surface area is 158 Å². The number of anilines is 1. The van der Waals surface area contributed by atoms with Gasteiger partial charge in [-0.3, -0.25) is 9.59 Å². The molecule has 2 N–H and O–H groups in total. The highest BCUT2D eigenvalue weighted by molar-refractivity contribution is 6.53. The molecule has 2 aliphatic rings. The van der Waals surface area contributed by atoms with Crippen molar-refractivity contribution in [1.29, 1.82) is 0 Å². The first kappa shape index (κ1) is 17.5. The van der Waals surface area contributed by atoms with E-state index in [1.165, 1.54) is 37.7 Å². The van der Waals surface area contributed by atoms with E-state index in [-0.39, 0.29) is 17.5 Å². The van der Waals surface area contributed by atoms with Gasteiger partial charge in [0.15, 0.2) is 5.71 Å². The molecule has 2 aromatic carbocycles. The van der Waals surface area contributed by atoms with Crippen molar-refractivity contribution in [3.05, 3.63) is 65.2 Å². The largest absolute Gasteiger partial charge is 0.320 e. The van der Waals surface area contributed by atoms with Gasteiger partial charge in [0.25, 0.3) is 11.8 Å². The quantitative estimate of drug-likeness (QED) is 0.811. The second kappa shape index (κ2) is 7.74. The summed E-state index contributed by atoms with van der Waals surface area (Å²) in [5, 5.41) is 6.94. The molecule has 0 unspecified atom stereocenters. The normalized spacial score (nSPS) is 18.2. The molecule has 27 heavy (non-hydrogen) atoms. The third-order valence-corrected chi connectivity index (χ3v) is 5.36. The van der Waals surface area contributed by atoms with E-state index in [1.807, 2.05) is 18.2 Å². The molecule has 1 saturated carbocycles. The topological polar surface area (TPSA) is 70.6 Å². The first-order valence-electron chi connectivity index (χ1n) is 9.58. The number of nitrogens with zero attached hydrogens (tertiary/aromatic N) is 1. The van der Waals surface area contributed by atoms with E-state index in [9.17, 15) is 9.59 Å². The van der Waals surface area contributed by atoms with Gasteiger partial charge in [-0.25, -0.2) is 5.43 Å². The van der Waals surface area contributed by atoms with Crippen LogP contribution in [0.5, 0.6) is 0 Å². The van der Waals surface area contributed by atoms with Crippen LogP contribution < -0.4 is 10.7 Å². The maximum Gasteiger partial charge on any atom is 0.276 e. The van der Waals surface area contributed by atoms with E-state index in [0.29, 0.717) is 5.56 Å². The average Bonchev–Trinajstić information content (AvgIpc) is 3.02. The molecule has 4 rings (SSSR count). The van der Waals surface area contributed by atoms with E-state index in [4.69, 9.17) is 0 Å². The van der Waals surface area contributed by atoms with Gasteiger partial charge in [-0.15, -0.1) is 0 Å². The van der Waals surface area contributed by atoms with Crippen LogP contribution in [0.3, 0.4) is 0 Å². The maximum atomic E-state index is 12.3. The summed E-state index contributed by atoms with van der Waals surface area (Å²) in [6.45, 7) is 0. The zero-order chi connectivity index (χ0) is 18.6. The highest BCUT2D eigenvalue weighted by atomic mass is 16.2. The number of hydrazone groups is 1. The number of nitrogens with one attached hydrogen (secondary N) is 2. The fraction of sp³-hybridized carbons (Fsp3) is 0.318. The number of rotatable bonds is 4. The molecule has 1 fully saturated rings. The van der Waals surface area contributed by atoms with Crippen molar-refractivity contribution in [3.63, 3.8) is 0 Å². The van der Waals surface area contributed by atoms with Gasteiger partial charge in [-0.1, -0.05) is 62.4 Å². The molecular weight excluding hydrogens is 338 g/mol. The van der Waals surface area contributed by atoms with Gasteiger partial charge >= 0.3 is 0 Å². The van der Waals surface area contributed by atoms with Crippen LogP contribution in [0.2, 0.25) is 0 Å². The lowest BCUT2D eigenvalue weighted by atomic mass is 9.84. The van der Waals surface area contributed by atoms with Crippen LogP contribution in [0, 0.1) is 5.92 Å². The molecular formula is C22H23N3O2. The molecule has 2 amide bonds. The molecule has 0 bridgehead atoms. The fourth-order valence-corrected chi connectivity index (χ4v) is 3.93. The van der Waals surface area contributed by atoms with Gasteiger partial charge in [0.05, 0.1) is 5.69 Å². The number of benzene rings is 2. The first-order valence-corrected chi connectivity index (χ1v) is 9.58. The standard InChI is InChI=1S/C22H23N3O2/c26-21(17-9-5-2-6-10-17)25-24-20-18-12-11-16(14-19(18)23-22(20)27)13-15-7-3-1-4-8-15/h2,5-6,9-12,14-15H,1,3-4,7-8,13H2,(H,25,26)(H,23,24,27). The van der Waals surface area contributed by atoms with E-state index in [1.54, 1.807) is 24.3 Å². The lowest BCUT2D eigenvalue weighted by molar-refractivity contribution is -0.110. The Balaban J connectivity index is 1.48. The molecule has 0 spiro atoms. The second-order valence-corrected chi connectivity index (χ2v) is 7.31. The zero-order valence-electron chi connectivity index (χ0n) is 15.2. The van der Waals surface area contributed by atoms with Crippen LogP contribution >= 0.6 is 0 Å². The Morgan fingerprint density at radius 3 is 2.63 bits per heavy atom. The molecule has 0 radical (unpaired) electrons. The van der Waals surface area contributed by atoms with Gasteiger partial charge in [0, 0.05) is 11.1 Å². The number of fused-ring (bicyclic) bond motifs is 1. The van der Waals surface area contributed by atoms with E-state index in [2.05, 4.69) is 21.9 Å². The Morgan fingerprint density at radius 1 is 1.07 bits per heavy atom. The summed E-state index contributed by atoms with van der Waals surface area (Å²) >= 11 is 0. The lowest BCUT2D eigenvalue weighted by Crippen LogP contribution is -2.23. The van der Waals surface area contributed by atoms with Gasteiger partial charge in [-0.05, 0) is 36.1 Å². The maximum absolute atomic E-state index is 12.3. The van der Waals surface area contributed by atoms with Crippen LogP contribution in [-0.4, -0.2) is 17.5 Å². The van der Waals surface area contributed by atoms with Gasteiger partial charge in [0.2, 0.25) is 0 Å². The van der Waals surface area contributed by atoms with Crippen molar-refractivity contribution in [2.45, 2.75) is 38.5 Å². The number of carbonyl (C=O) groups is 2. The second-order valence-electron chi connectivity index (χ2n) is 7.31. The van der Waals surface area contributed by atoms with Gasteiger partial charge < -0.3 is 5.32 Å². The SMILES string of the molecule is O=C1Nc2cc(CC3CCCCC3)ccc2/C1=N/NC(=O)c1ccccc1. The Hall–Kier alpha value is -2.95. The molecule has 5 heteroatoms. The fourth-order valence-electron chi connectivity index (χ4n) is 3.93. The zero-order valence-corrected chi connectivity index (χ0v) is 15.2. The van der Waals surface area contributed by atoms with Crippen molar-refractivity contribution in [3.8, 4) is 0 Å². The number of hydrogen-bond acceptors (Lipinski definition) is 3. The monoisotopic (exact) mass is 361 g/mol. The van der Waals surface area contributed by atoms with Crippen molar-refractivity contribution >= 4 is 23.2 Å².